The smallest absolute Gasteiger partial charge is 0.240 e. The van der Waals surface area contributed by atoms with E-state index in [1.807, 2.05) is 0 Å². The Labute approximate surface area is 124 Å². The summed E-state index contributed by atoms with van der Waals surface area (Å²) in [6.07, 6.45) is 0.517. The first kappa shape index (κ1) is 17.6. The monoisotopic (exact) mass is 316 g/mol. The number of carbonyl (C=O) groups is 1. The van der Waals surface area contributed by atoms with Crippen molar-refractivity contribution in [3.05, 3.63) is 24.3 Å². The zero-order chi connectivity index (χ0) is 15.7. The molecule has 0 aliphatic rings. The van der Waals surface area contributed by atoms with E-state index in [9.17, 15) is 13.2 Å². The zero-order valence-corrected chi connectivity index (χ0v) is 12.6. The normalized spacial score (nSPS) is 11.3. The van der Waals surface area contributed by atoms with Crippen LogP contribution >= 0.6 is 0 Å². The molecule has 21 heavy (non-hydrogen) atoms. The van der Waals surface area contributed by atoms with Gasteiger partial charge in [0, 0.05) is 25.8 Å². The molecule has 0 aromatic heterocycles. The lowest BCUT2D eigenvalue weighted by atomic mass is 10.3. The summed E-state index contributed by atoms with van der Waals surface area (Å²) in [7, 11) is -3.57. The zero-order valence-electron chi connectivity index (χ0n) is 11.8. The third-order valence-electron chi connectivity index (χ3n) is 2.48. The first-order valence-corrected chi connectivity index (χ1v) is 8.00. The van der Waals surface area contributed by atoms with Gasteiger partial charge in [-0.05, 0) is 30.7 Å². The van der Waals surface area contributed by atoms with Gasteiger partial charge >= 0.3 is 0 Å². The number of aliphatic hydroxyl groups is 1. The van der Waals surface area contributed by atoms with Crippen molar-refractivity contribution in [2.24, 2.45) is 0 Å². The quantitative estimate of drug-likeness (QED) is 0.569. The van der Waals surface area contributed by atoms with Gasteiger partial charge in [0.25, 0.3) is 0 Å². The molecule has 0 aliphatic heterocycles. The summed E-state index contributed by atoms with van der Waals surface area (Å²) >= 11 is 0. The Balaban J connectivity index is 2.48. The molecule has 7 nitrogen and oxygen atoms in total. The van der Waals surface area contributed by atoms with Crippen molar-refractivity contribution in [2.75, 3.05) is 31.7 Å². The summed E-state index contributed by atoms with van der Waals surface area (Å²) in [5.74, 6) is -0.216. The fraction of sp³-hybridized carbons (Fsp3) is 0.462. The number of ether oxygens (including phenoxy) is 1. The number of nitrogens with one attached hydrogen (secondary N) is 2. The Morgan fingerprint density at radius 1 is 1.24 bits per heavy atom. The predicted octanol–water partition coefficient (Wildman–Crippen LogP) is 0.322. The van der Waals surface area contributed by atoms with Crippen LogP contribution in [0.4, 0.5) is 5.69 Å². The molecule has 0 atom stereocenters. The molecule has 1 aromatic carbocycles. The SMILES string of the molecule is CC(=O)Nc1ccc(S(=O)(=O)NCCCOCCO)cc1. The largest absolute Gasteiger partial charge is 0.394 e. The minimum absolute atomic E-state index is 0.0492. The summed E-state index contributed by atoms with van der Waals surface area (Å²) < 4.78 is 31.4. The Morgan fingerprint density at radius 2 is 1.90 bits per heavy atom. The summed E-state index contributed by atoms with van der Waals surface area (Å²) in [5.41, 5.74) is 0.541. The average Bonchev–Trinajstić information content (AvgIpc) is 2.42. The number of rotatable bonds is 9. The number of aliphatic hydroxyl groups excluding tert-OH is 1. The molecule has 3 N–H and O–H groups in total. The number of carbonyl (C=O) groups excluding carboxylic acids is 1. The minimum Gasteiger partial charge on any atom is -0.394 e. The fourth-order valence-electron chi connectivity index (χ4n) is 1.55. The Hall–Kier alpha value is -1.48. The van der Waals surface area contributed by atoms with Gasteiger partial charge in [0.2, 0.25) is 15.9 Å². The van der Waals surface area contributed by atoms with Crippen LogP contribution < -0.4 is 10.0 Å². The van der Waals surface area contributed by atoms with E-state index in [-0.39, 0.29) is 30.6 Å². The van der Waals surface area contributed by atoms with Gasteiger partial charge in [-0.25, -0.2) is 13.1 Å². The predicted molar refractivity (Wildman–Crippen MR) is 78.5 cm³/mol. The van der Waals surface area contributed by atoms with Crippen LogP contribution in [0.5, 0.6) is 0 Å². The average molecular weight is 316 g/mol. The highest BCUT2D eigenvalue weighted by molar-refractivity contribution is 7.89. The third kappa shape index (κ3) is 6.67. The summed E-state index contributed by atoms with van der Waals surface area (Å²) in [5, 5.41) is 11.1. The number of hydrogen-bond acceptors (Lipinski definition) is 5. The summed E-state index contributed by atoms with van der Waals surface area (Å²) in [4.78, 5) is 11.0. The van der Waals surface area contributed by atoms with Crippen LogP contribution in [0, 0.1) is 0 Å². The fourth-order valence-corrected chi connectivity index (χ4v) is 2.63. The van der Waals surface area contributed by atoms with Crippen LogP contribution in [0.2, 0.25) is 0 Å². The van der Waals surface area contributed by atoms with Crippen LogP contribution in [-0.2, 0) is 19.6 Å². The molecule has 8 heteroatoms. The van der Waals surface area contributed by atoms with Crippen LogP contribution in [0.1, 0.15) is 13.3 Å². The van der Waals surface area contributed by atoms with Crippen molar-refractivity contribution in [2.45, 2.75) is 18.2 Å². The van der Waals surface area contributed by atoms with E-state index < -0.39 is 10.0 Å². The van der Waals surface area contributed by atoms with Crippen molar-refractivity contribution in [1.29, 1.82) is 0 Å². The van der Waals surface area contributed by atoms with E-state index in [0.717, 1.165) is 0 Å². The van der Waals surface area contributed by atoms with Gasteiger partial charge in [0.15, 0.2) is 0 Å². The summed E-state index contributed by atoms with van der Waals surface area (Å²) in [6, 6.07) is 5.91. The topological polar surface area (TPSA) is 105 Å². The maximum absolute atomic E-state index is 12.0. The maximum Gasteiger partial charge on any atom is 0.240 e. The number of amides is 1. The molecule has 0 saturated heterocycles. The molecular weight excluding hydrogens is 296 g/mol. The van der Waals surface area contributed by atoms with E-state index >= 15 is 0 Å². The lowest BCUT2D eigenvalue weighted by molar-refractivity contribution is -0.114. The number of anilines is 1. The second-order valence-corrected chi connectivity index (χ2v) is 6.06. The second kappa shape index (κ2) is 8.73. The van der Waals surface area contributed by atoms with Crippen molar-refractivity contribution in [1.82, 2.24) is 4.72 Å². The van der Waals surface area contributed by atoms with Gasteiger partial charge in [0.05, 0.1) is 18.1 Å². The van der Waals surface area contributed by atoms with Crippen molar-refractivity contribution in [3.63, 3.8) is 0 Å². The highest BCUT2D eigenvalue weighted by Crippen LogP contribution is 2.13. The van der Waals surface area contributed by atoms with Gasteiger partial charge in [-0.2, -0.15) is 0 Å². The summed E-state index contributed by atoms with van der Waals surface area (Å²) in [6.45, 7) is 2.21. The van der Waals surface area contributed by atoms with Crippen molar-refractivity contribution >= 4 is 21.6 Å². The van der Waals surface area contributed by atoms with E-state index in [1.165, 1.54) is 31.2 Å². The molecule has 0 saturated carbocycles. The first-order chi connectivity index (χ1) is 9.95. The lowest BCUT2D eigenvalue weighted by Crippen LogP contribution is -2.25. The van der Waals surface area contributed by atoms with Gasteiger partial charge in [0.1, 0.15) is 0 Å². The van der Waals surface area contributed by atoms with Gasteiger partial charge < -0.3 is 15.2 Å². The number of hydrogen-bond donors (Lipinski definition) is 3. The lowest BCUT2D eigenvalue weighted by Gasteiger charge is -2.08. The van der Waals surface area contributed by atoms with E-state index in [1.54, 1.807) is 0 Å². The minimum atomic E-state index is -3.57. The first-order valence-electron chi connectivity index (χ1n) is 6.51. The third-order valence-corrected chi connectivity index (χ3v) is 3.96. The second-order valence-electron chi connectivity index (χ2n) is 4.29. The molecule has 1 amide bonds. The van der Waals surface area contributed by atoms with E-state index in [4.69, 9.17) is 9.84 Å². The molecule has 118 valence electrons. The molecule has 1 aromatic rings. The molecule has 0 unspecified atom stereocenters. The molecule has 1 rings (SSSR count). The number of benzene rings is 1. The molecule has 0 spiro atoms. The van der Waals surface area contributed by atoms with Crippen LogP contribution in [0.3, 0.4) is 0 Å². The van der Waals surface area contributed by atoms with Crippen LogP contribution in [0.25, 0.3) is 0 Å². The highest BCUT2D eigenvalue weighted by atomic mass is 32.2. The van der Waals surface area contributed by atoms with E-state index in [0.29, 0.717) is 18.7 Å². The molecule has 0 heterocycles. The maximum atomic E-state index is 12.0. The van der Waals surface area contributed by atoms with Gasteiger partial charge in [-0.3, -0.25) is 4.79 Å². The molecule has 0 aliphatic carbocycles. The molecule has 0 fully saturated rings. The Bertz CT molecular complexity index is 542. The Morgan fingerprint density at radius 3 is 2.48 bits per heavy atom. The standard InChI is InChI=1S/C13H20N2O5S/c1-11(17)15-12-3-5-13(6-4-12)21(18,19)14-7-2-9-20-10-8-16/h3-6,14,16H,2,7-10H2,1H3,(H,15,17). The molecule has 0 radical (unpaired) electrons. The van der Waals surface area contributed by atoms with Crippen molar-refractivity contribution in [3.8, 4) is 0 Å². The van der Waals surface area contributed by atoms with Crippen LogP contribution in [-0.4, -0.2) is 45.8 Å². The molecular formula is C13H20N2O5S. The number of sulfonamides is 1. The van der Waals surface area contributed by atoms with Crippen molar-refractivity contribution < 1.29 is 23.1 Å². The Kier molecular flexibility index (Phi) is 7.30. The van der Waals surface area contributed by atoms with Gasteiger partial charge in [-0.15, -0.1) is 0 Å². The van der Waals surface area contributed by atoms with Crippen LogP contribution in [0.15, 0.2) is 29.2 Å². The van der Waals surface area contributed by atoms with E-state index in [2.05, 4.69) is 10.0 Å². The molecule has 0 bridgehead atoms. The highest BCUT2D eigenvalue weighted by Gasteiger charge is 2.12. The van der Waals surface area contributed by atoms with Gasteiger partial charge in [-0.1, -0.05) is 0 Å².